The highest BCUT2D eigenvalue weighted by Gasteiger charge is 2.26. The van der Waals surface area contributed by atoms with Gasteiger partial charge in [0.25, 0.3) is 0 Å². The first-order chi connectivity index (χ1) is 10.9. The van der Waals surface area contributed by atoms with Crippen molar-refractivity contribution >= 4 is 11.8 Å². The highest BCUT2D eigenvalue weighted by Crippen LogP contribution is 2.33. The second-order valence-corrected chi connectivity index (χ2v) is 5.97. The van der Waals surface area contributed by atoms with Crippen molar-refractivity contribution in [2.45, 2.75) is 32.7 Å². The lowest BCUT2D eigenvalue weighted by atomic mass is 9.97. The van der Waals surface area contributed by atoms with Gasteiger partial charge in [-0.3, -0.25) is 9.59 Å². The van der Waals surface area contributed by atoms with Gasteiger partial charge in [-0.2, -0.15) is 0 Å². The van der Waals surface area contributed by atoms with Crippen molar-refractivity contribution in [1.29, 1.82) is 0 Å². The van der Waals surface area contributed by atoms with Gasteiger partial charge in [-0.1, -0.05) is 19.9 Å². The van der Waals surface area contributed by atoms with Crippen LogP contribution in [0, 0.1) is 5.92 Å². The number of benzene rings is 1. The minimum Gasteiger partial charge on any atom is -0.486 e. The first kappa shape index (κ1) is 17.1. The lowest BCUT2D eigenvalue weighted by Crippen LogP contribution is -2.49. The molecule has 0 spiro atoms. The minimum absolute atomic E-state index is 0.00589. The summed E-state index contributed by atoms with van der Waals surface area (Å²) in [4.78, 5) is 24.4. The van der Waals surface area contributed by atoms with Gasteiger partial charge >= 0.3 is 0 Å². The van der Waals surface area contributed by atoms with E-state index in [2.05, 4.69) is 10.6 Å². The molecule has 0 radical (unpaired) electrons. The highest BCUT2D eigenvalue weighted by molar-refractivity contribution is 5.90. The first-order valence-electron chi connectivity index (χ1n) is 7.85. The number of carbonyl (C=O) groups is 2. The van der Waals surface area contributed by atoms with E-state index in [0.29, 0.717) is 24.7 Å². The van der Waals surface area contributed by atoms with Gasteiger partial charge in [0, 0.05) is 7.05 Å². The number of fused-ring (bicyclic) bond motifs is 1. The summed E-state index contributed by atoms with van der Waals surface area (Å²) < 4.78 is 11.0. The lowest BCUT2D eigenvalue weighted by molar-refractivity contribution is -0.130. The average molecular weight is 320 g/mol. The zero-order chi connectivity index (χ0) is 17.0. The molecule has 1 heterocycles. The predicted octanol–water partition coefficient (Wildman–Crippen LogP) is 1.45. The molecule has 2 atom stereocenters. The fourth-order valence-electron chi connectivity index (χ4n) is 2.45. The van der Waals surface area contributed by atoms with Gasteiger partial charge in [-0.15, -0.1) is 0 Å². The summed E-state index contributed by atoms with van der Waals surface area (Å²) in [7, 11) is 1.56. The Bertz CT molecular complexity index is 586. The maximum absolute atomic E-state index is 12.5. The summed E-state index contributed by atoms with van der Waals surface area (Å²) in [5.74, 6) is 0.577. The Morgan fingerprint density at radius 3 is 2.30 bits per heavy atom. The lowest BCUT2D eigenvalue weighted by Gasteiger charge is -2.24. The largest absolute Gasteiger partial charge is 0.486 e. The summed E-state index contributed by atoms with van der Waals surface area (Å²) in [6.07, 6.45) is 0. The summed E-state index contributed by atoms with van der Waals surface area (Å²) >= 11 is 0. The Morgan fingerprint density at radius 1 is 1.04 bits per heavy atom. The fraction of sp³-hybridized carbons (Fsp3) is 0.529. The molecule has 2 N–H and O–H groups in total. The van der Waals surface area contributed by atoms with Crippen molar-refractivity contribution in [3.05, 3.63) is 23.8 Å². The van der Waals surface area contributed by atoms with Crippen LogP contribution >= 0.6 is 0 Å². The summed E-state index contributed by atoms with van der Waals surface area (Å²) in [6, 6.07) is 4.93. The number of amides is 2. The third-order valence-corrected chi connectivity index (χ3v) is 3.95. The van der Waals surface area contributed by atoms with Crippen molar-refractivity contribution < 1.29 is 19.1 Å². The second-order valence-electron chi connectivity index (χ2n) is 5.97. The van der Waals surface area contributed by atoms with Gasteiger partial charge in [-0.05, 0) is 30.5 Å². The van der Waals surface area contributed by atoms with Crippen LogP contribution in [0.3, 0.4) is 0 Å². The van der Waals surface area contributed by atoms with Crippen molar-refractivity contribution in [3.63, 3.8) is 0 Å². The number of hydrogen-bond donors (Lipinski definition) is 2. The number of hydrogen-bond acceptors (Lipinski definition) is 4. The van der Waals surface area contributed by atoms with Gasteiger partial charge < -0.3 is 20.1 Å². The molecular formula is C17H24N2O4. The van der Waals surface area contributed by atoms with E-state index in [1.54, 1.807) is 7.05 Å². The Hall–Kier alpha value is -2.24. The molecule has 0 aliphatic carbocycles. The molecule has 0 fully saturated rings. The molecule has 0 bridgehead atoms. The molecule has 23 heavy (non-hydrogen) atoms. The number of ether oxygens (including phenoxy) is 2. The zero-order valence-electron chi connectivity index (χ0n) is 14.0. The van der Waals surface area contributed by atoms with Crippen LogP contribution < -0.4 is 20.1 Å². The molecule has 1 aromatic carbocycles. The molecule has 6 nitrogen and oxygen atoms in total. The number of nitrogens with one attached hydrogen (secondary N) is 2. The van der Waals surface area contributed by atoms with Crippen LogP contribution in [0.1, 0.15) is 32.3 Å². The Kier molecular flexibility index (Phi) is 5.47. The number of likely N-dealkylation sites (N-methyl/N-ethyl adjacent to an activating group) is 1. The van der Waals surface area contributed by atoms with Crippen LogP contribution in [0.2, 0.25) is 0 Å². The zero-order valence-corrected chi connectivity index (χ0v) is 14.0. The molecular weight excluding hydrogens is 296 g/mol. The third kappa shape index (κ3) is 3.94. The van der Waals surface area contributed by atoms with Crippen LogP contribution in [0.4, 0.5) is 0 Å². The summed E-state index contributed by atoms with van der Waals surface area (Å²) in [5, 5.41) is 5.40. The van der Waals surface area contributed by atoms with E-state index in [1.165, 1.54) is 0 Å². The van der Waals surface area contributed by atoms with Crippen LogP contribution in [0.5, 0.6) is 11.5 Å². The van der Waals surface area contributed by atoms with E-state index >= 15 is 0 Å². The van der Waals surface area contributed by atoms with Crippen LogP contribution in [-0.2, 0) is 9.59 Å². The van der Waals surface area contributed by atoms with E-state index in [9.17, 15) is 9.59 Å². The minimum atomic E-state index is -0.549. The third-order valence-electron chi connectivity index (χ3n) is 3.95. The predicted molar refractivity (Wildman–Crippen MR) is 86.7 cm³/mol. The number of rotatable bonds is 5. The summed E-state index contributed by atoms with van der Waals surface area (Å²) in [6.45, 7) is 6.64. The quantitative estimate of drug-likeness (QED) is 0.861. The monoisotopic (exact) mass is 320 g/mol. The van der Waals surface area contributed by atoms with Gasteiger partial charge in [0.1, 0.15) is 19.3 Å². The topological polar surface area (TPSA) is 76.7 Å². The molecule has 2 unspecified atom stereocenters. The van der Waals surface area contributed by atoms with Gasteiger partial charge in [0.2, 0.25) is 11.8 Å². The fourth-order valence-corrected chi connectivity index (χ4v) is 2.45. The van der Waals surface area contributed by atoms with Crippen molar-refractivity contribution in [1.82, 2.24) is 10.6 Å². The van der Waals surface area contributed by atoms with Crippen LogP contribution in [0.25, 0.3) is 0 Å². The van der Waals surface area contributed by atoms with Crippen molar-refractivity contribution in [3.8, 4) is 11.5 Å². The Labute approximate surface area is 136 Å². The van der Waals surface area contributed by atoms with Crippen LogP contribution in [-0.4, -0.2) is 38.1 Å². The van der Waals surface area contributed by atoms with Crippen molar-refractivity contribution in [2.75, 3.05) is 20.3 Å². The average Bonchev–Trinajstić information content (AvgIpc) is 2.57. The molecule has 126 valence electrons. The molecule has 1 aromatic rings. The maximum Gasteiger partial charge on any atom is 0.242 e. The van der Waals surface area contributed by atoms with Gasteiger partial charge in [0.05, 0.1) is 5.92 Å². The molecule has 1 aliphatic rings. The maximum atomic E-state index is 12.5. The molecule has 0 aromatic heterocycles. The second kappa shape index (κ2) is 7.35. The Morgan fingerprint density at radius 2 is 1.70 bits per heavy atom. The van der Waals surface area contributed by atoms with E-state index in [-0.39, 0.29) is 17.7 Å². The summed E-state index contributed by atoms with van der Waals surface area (Å²) in [5.41, 5.74) is 0.825. The van der Waals surface area contributed by atoms with Gasteiger partial charge in [0.15, 0.2) is 11.5 Å². The van der Waals surface area contributed by atoms with E-state index in [0.717, 1.165) is 5.56 Å². The normalized spacial score (nSPS) is 15.7. The molecule has 2 amide bonds. The molecule has 0 saturated carbocycles. The number of carbonyl (C=O) groups excluding carboxylic acids is 2. The van der Waals surface area contributed by atoms with E-state index in [1.807, 2.05) is 39.0 Å². The molecule has 2 rings (SSSR count). The van der Waals surface area contributed by atoms with Crippen LogP contribution in [0.15, 0.2) is 18.2 Å². The van der Waals surface area contributed by atoms with E-state index in [4.69, 9.17) is 9.47 Å². The molecule has 0 saturated heterocycles. The first-order valence-corrected chi connectivity index (χ1v) is 7.85. The van der Waals surface area contributed by atoms with E-state index < -0.39 is 12.0 Å². The van der Waals surface area contributed by atoms with Crippen molar-refractivity contribution in [2.24, 2.45) is 5.92 Å². The smallest absolute Gasteiger partial charge is 0.242 e. The SMILES string of the molecule is CNC(=O)C(NC(=O)C(C)c1ccc2c(c1)OCCO2)C(C)C. The van der Waals surface area contributed by atoms with Gasteiger partial charge in [-0.25, -0.2) is 0 Å². The highest BCUT2D eigenvalue weighted by atomic mass is 16.6. The molecule has 6 heteroatoms. The molecule has 1 aliphatic heterocycles. The Balaban J connectivity index is 2.11. The standard InChI is InChI=1S/C17H24N2O4/c1-10(2)15(17(21)18-4)19-16(20)11(3)12-5-6-13-14(9-12)23-8-7-22-13/h5-6,9-11,15H,7-8H2,1-4H3,(H,18,21)(H,19,20).